The predicted octanol–water partition coefficient (Wildman–Crippen LogP) is 5.23. The Kier molecular flexibility index (Phi) is 7.68. The van der Waals surface area contributed by atoms with Crippen LogP contribution in [0, 0.1) is 5.41 Å². The normalized spacial score (nSPS) is 12.0. The number of nitrogens with zero attached hydrogens (tertiary/aromatic N) is 3. The highest BCUT2D eigenvalue weighted by Crippen LogP contribution is 2.39. The third-order valence-electron chi connectivity index (χ3n) is 4.28. The summed E-state index contributed by atoms with van der Waals surface area (Å²) >= 11 is 6.32. The van der Waals surface area contributed by atoms with Gasteiger partial charge in [-0.1, -0.05) is 25.4 Å². The van der Waals surface area contributed by atoms with Crippen LogP contribution in [0.1, 0.15) is 43.9 Å². The Bertz CT molecular complexity index is 903. The van der Waals surface area contributed by atoms with Gasteiger partial charge in [0.05, 0.1) is 17.9 Å². The van der Waals surface area contributed by atoms with Gasteiger partial charge in [-0.05, 0) is 13.8 Å². The van der Waals surface area contributed by atoms with Gasteiger partial charge in [-0.25, -0.2) is 13.6 Å². The molecular weight excluding hydrogens is 430 g/mol. The standard InChI is InChI=1S/C19H22ClF4N3O3/c1-5-27-15(13(20)14(26-27)16(28)29-6-2)11-9-25-10(7-12(11)30-18(23)24)8-19(3,4)17(21)22/h7,9,17-18H,5-6,8H2,1-4H3. The molecule has 30 heavy (non-hydrogen) atoms. The van der Waals surface area contributed by atoms with E-state index in [0.29, 0.717) is 0 Å². The number of alkyl halides is 4. The molecule has 0 aliphatic heterocycles. The van der Waals surface area contributed by atoms with Crippen LogP contribution >= 0.6 is 11.6 Å². The molecule has 0 radical (unpaired) electrons. The van der Waals surface area contributed by atoms with E-state index in [4.69, 9.17) is 16.3 Å². The molecule has 0 atom stereocenters. The van der Waals surface area contributed by atoms with Crippen LogP contribution in [0.2, 0.25) is 5.02 Å². The number of carbonyl (C=O) groups is 1. The molecular formula is C19H22ClF4N3O3. The average Bonchev–Trinajstić information content (AvgIpc) is 2.98. The van der Waals surface area contributed by atoms with E-state index in [1.807, 2.05) is 0 Å². The molecule has 0 bridgehead atoms. The quantitative estimate of drug-likeness (QED) is 0.386. The first-order valence-corrected chi connectivity index (χ1v) is 9.55. The highest BCUT2D eigenvalue weighted by atomic mass is 35.5. The molecule has 0 spiro atoms. The molecule has 2 aromatic rings. The van der Waals surface area contributed by atoms with E-state index in [-0.39, 0.29) is 53.0 Å². The second-order valence-corrected chi connectivity index (χ2v) is 7.44. The number of ether oxygens (including phenoxy) is 2. The molecule has 0 aliphatic rings. The van der Waals surface area contributed by atoms with Gasteiger partial charge < -0.3 is 9.47 Å². The largest absolute Gasteiger partial charge is 0.461 e. The lowest BCUT2D eigenvalue weighted by Gasteiger charge is -2.23. The minimum absolute atomic E-state index is 0.0452. The molecule has 0 saturated carbocycles. The highest BCUT2D eigenvalue weighted by molar-refractivity contribution is 6.35. The molecule has 0 aromatic carbocycles. The molecule has 11 heteroatoms. The number of pyridine rings is 1. The lowest BCUT2D eigenvalue weighted by Crippen LogP contribution is -2.25. The Morgan fingerprint density at radius 1 is 1.27 bits per heavy atom. The van der Waals surface area contributed by atoms with Gasteiger partial charge in [-0.2, -0.15) is 13.9 Å². The first-order valence-electron chi connectivity index (χ1n) is 9.17. The number of hydrogen-bond acceptors (Lipinski definition) is 5. The van der Waals surface area contributed by atoms with E-state index in [2.05, 4.69) is 14.8 Å². The zero-order chi connectivity index (χ0) is 22.6. The fourth-order valence-corrected chi connectivity index (χ4v) is 3.06. The molecule has 2 rings (SSSR count). The molecule has 0 amide bonds. The summed E-state index contributed by atoms with van der Waals surface area (Å²) in [6, 6.07) is 1.17. The minimum atomic E-state index is -3.18. The summed E-state index contributed by atoms with van der Waals surface area (Å²) in [6.07, 6.45) is -1.61. The van der Waals surface area contributed by atoms with Crippen LogP contribution in [0.15, 0.2) is 12.3 Å². The van der Waals surface area contributed by atoms with E-state index in [1.165, 1.54) is 30.8 Å². The number of aromatic nitrogens is 3. The zero-order valence-corrected chi connectivity index (χ0v) is 17.6. The molecule has 0 fully saturated rings. The maximum absolute atomic E-state index is 13.2. The third kappa shape index (κ3) is 5.21. The highest BCUT2D eigenvalue weighted by Gasteiger charge is 2.31. The Balaban J connectivity index is 2.59. The van der Waals surface area contributed by atoms with Gasteiger partial charge >= 0.3 is 12.6 Å². The second-order valence-electron chi connectivity index (χ2n) is 7.06. The minimum Gasteiger partial charge on any atom is -0.461 e. The first kappa shape index (κ1) is 23.9. The Labute approximate surface area is 176 Å². The van der Waals surface area contributed by atoms with Gasteiger partial charge in [0.2, 0.25) is 6.43 Å². The van der Waals surface area contributed by atoms with Crippen molar-refractivity contribution in [3.8, 4) is 17.0 Å². The number of esters is 1. The number of aryl methyl sites for hydroxylation is 1. The van der Waals surface area contributed by atoms with Crippen LogP contribution in [0.5, 0.6) is 5.75 Å². The van der Waals surface area contributed by atoms with Crippen molar-refractivity contribution < 1.29 is 31.8 Å². The average molecular weight is 452 g/mol. The summed E-state index contributed by atoms with van der Waals surface area (Å²) in [5.41, 5.74) is -1.28. The van der Waals surface area contributed by atoms with E-state index >= 15 is 0 Å². The Morgan fingerprint density at radius 3 is 2.47 bits per heavy atom. The van der Waals surface area contributed by atoms with Crippen molar-refractivity contribution in [1.29, 1.82) is 0 Å². The molecule has 0 aliphatic carbocycles. The number of carbonyl (C=O) groups excluding carboxylic acids is 1. The first-order chi connectivity index (χ1) is 14.0. The molecule has 0 unspecified atom stereocenters. The van der Waals surface area contributed by atoms with Crippen molar-refractivity contribution in [2.45, 2.75) is 53.7 Å². The fourth-order valence-electron chi connectivity index (χ4n) is 2.75. The number of hydrogen-bond donors (Lipinski definition) is 0. The van der Waals surface area contributed by atoms with Gasteiger partial charge in [0.25, 0.3) is 0 Å². The molecule has 166 valence electrons. The maximum Gasteiger partial charge on any atom is 0.387 e. The molecule has 6 nitrogen and oxygen atoms in total. The zero-order valence-electron chi connectivity index (χ0n) is 16.9. The molecule has 2 heterocycles. The second kappa shape index (κ2) is 9.63. The summed E-state index contributed by atoms with van der Waals surface area (Å²) in [7, 11) is 0. The Morgan fingerprint density at radius 2 is 1.93 bits per heavy atom. The summed E-state index contributed by atoms with van der Waals surface area (Å²) < 4.78 is 63.3. The third-order valence-corrected chi connectivity index (χ3v) is 4.64. The van der Waals surface area contributed by atoms with Crippen molar-refractivity contribution in [3.63, 3.8) is 0 Å². The van der Waals surface area contributed by atoms with Crippen molar-refractivity contribution >= 4 is 17.6 Å². The summed E-state index contributed by atoms with van der Waals surface area (Å²) in [5, 5.41) is 3.97. The monoisotopic (exact) mass is 451 g/mol. The van der Waals surface area contributed by atoms with Gasteiger partial charge in [0, 0.05) is 36.3 Å². The maximum atomic E-state index is 13.2. The summed E-state index contributed by atoms with van der Waals surface area (Å²) in [5.74, 6) is -1.08. The number of rotatable bonds is 9. The fraction of sp³-hybridized carbons (Fsp3) is 0.526. The molecule has 0 N–H and O–H groups in total. The van der Waals surface area contributed by atoms with Crippen LogP contribution in [0.4, 0.5) is 17.6 Å². The van der Waals surface area contributed by atoms with Crippen molar-refractivity contribution in [2.24, 2.45) is 5.41 Å². The van der Waals surface area contributed by atoms with Crippen LogP contribution in [-0.4, -0.2) is 40.4 Å². The van der Waals surface area contributed by atoms with Gasteiger partial charge in [0.15, 0.2) is 5.69 Å². The topological polar surface area (TPSA) is 66.2 Å². The lowest BCUT2D eigenvalue weighted by atomic mass is 9.88. The van der Waals surface area contributed by atoms with E-state index in [0.717, 1.165) is 0 Å². The van der Waals surface area contributed by atoms with Gasteiger partial charge in [-0.15, -0.1) is 0 Å². The SMILES string of the molecule is CCOC(=O)c1nn(CC)c(-c2cnc(CC(C)(C)C(F)F)cc2OC(F)F)c1Cl. The smallest absolute Gasteiger partial charge is 0.387 e. The van der Waals surface area contributed by atoms with Gasteiger partial charge in [-0.3, -0.25) is 9.67 Å². The lowest BCUT2D eigenvalue weighted by molar-refractivity contribution is -0.0496. The van der Waals surface area contributed by atoms with Crippen LogP contribution in [0.3, 0.4) is 0 Å². The van der Waals surface area contributed by atoms with Crippen molar-refractivity contribution in [1.82, 2.24) is 14.8 Å². The predicted molar refractivity (Wildman–Crippen MR) is 102 cm³/mol. The van der Waals surface area contributed by atoms with Crippen LogP contribution < -0.4 is 4.74 Å². The van der Waals surface area contributed by atoms with Crippen molar-refractivity contribution in [2.75, 3.05) is 6.61 Å². The van der Waals surface area contributed by atoms with E-state index in [9.17, 15) is 22.4 Å². The van der Waals surface area contributed by atoms with Crippen molar-refractivity contribution in [3.05, 3.63) is 28.7 Å². The Hall–Kier alpha value is -2.36. The van der Waals surface area contributed by atoms with E-state index in [1.54, 1.807) is 13.8 Å². The van der Waals surface area contributed by atoms with Crippen LogP contribution in [-0.2, 0) is 17.7 Å². The van der Waals surface area contributed by atoms with E-state index < -0.39 is 24.4 Å². The van der Waals surface area contributed by atoms with Crippen LogP contribution in [0.25, 0.3) is 11.3 Å². The molecule has 0 saturated heterocycles. The summed E-state index contributed by atoms with van der Waals surface area (Å²) in [6.45, 7) is 3.18. The molecule has 2 aromatic heterocycles. The number of halogens is 5. The van der Waals surface area contributed by atoms with Gasteiger partial charge in [0.1, 0.15) is 10.8 Å². The summed E-state index contributed by atoms with van der Waals surface area (Å²) in [4.78, 5) is 16.2.